The van der Waals surface area contributed by atoms with Gasteiger partial charge in [0.15, 0.2) is 0 Å². The van der Waals surface area contributed by atoms with Gasteiger partial charge in [0.25, 0.3) is 0 Å². The van der Waals surface area contributed by atoms with Crippen LogP contribution in [-0.4, -0.2) is 23.8 Å². The van der Waals surface area contributed by atoms with Crippen LogP contribution in [0.2, 0.25) is 0 Å². The summed E-state index contributed by atoms with van der Waals surface area (Å²) in [5.41, 5.74) is 8.87. The molecule has 0 aliphatic rings. The van der Waals surface area contributed by atoms with Crippen LogP contribution in [0.15, 0.2) is 0 Å². The molecule has 0 unspecified atom stereocenters. The summed E-state index contributed by atoms with van der Waals surface area (Å²) in [6.45, 7) is 0. The molecule has 4 N–H and O–H groups in total. The number of carbonyl (C=O) groups is 4. The van der Waals surface area contributed by atoms with Crippen molar-refractivity contribution in [2.75, 3.05) is 0 Å². The van der Waals surface area contributed by atoms with E-state index in [2.05, 4.69) is 11.5 Å². The van der Waals surface area contributed by atoms with Crippen molar-refractivity contribution in [3.8, 4) is 0 Å². The maximum absolute atomic E-state index is 9.61. The maximum Gasteiger partial charge on any atom is 1.00 e. The molecule has 10 heteroatoms. The molecule has 0 radical (unpaired) electrons. The molecule has 0 bridgehead atoms. The number of carboxylic acid groups (broad SMARTS) is 2. The van der Waals surface area contributed by atoms with Crippen molar-refractivity contribution >= 4 is 23.8 Å². The Morgan fingerprint density at radius 2 is 0.938 bits per heavy atom. The summed E-state index contributed by atoms with van der Waals surface area (Å²) in [5, 5.41) is 18.8. The Morgan fingerprint density at radius 3 is 0.938 bits per heavy atom. The predicted molar refractivity (Wildman–Crippen MR) is 37.6 cm³/mol. The fraction of sp³-hybridized carbons (Fsp3) is 0.333. The predicted octanol–water partition coefficient (Wildman–Crippen LogP) is -10.8. The fourth-order valence-electron chi connectivity index (χ4n) is 0.285. The number of nitrogens with two attached hydrogens (primary N) is 2. The van der Waals surface area contributed by atoms with Crippen LogP contribution < -0.4 is 124 Å². The number of amides is 2. The van der Waals surface area contributed by atoms with Crippen LogP contribution in [0.25, 0.3) is 0 Å². The van der Waals surface area contributed by atoms with Gasteiger partial charge in [0.1, 0.15) is 0 Å². The zero-order valence-electron chi connectivity index (χ0n) is 9.02. The van der Waals surface area contributed by atoms with Gasteiger partial charge in [-0.05, 0) is 0 Å². The average Bonchev–Trinajstić information content (AvgIpc) is 1.79. The average molecular weight is 282 g/mol. The molecule has 80 valence electrons. The summed E-state index contributed by atoms with van der Waals surface area (Å²) in [5.74, 6) is -4.62. The molecular formula is C6H8K2N2O6. The molecule has 16 heavy (non-hydrogen) atoms. The zero-order valence-corrected chi connectivity index (χ0v) is 15.3. The van der Waals surface area contributed by atoms with Crippen LogP contribution in [0.4, 0.5) is 0 Å². The largest absolute Gasteiger partial charge is 1.00 e. The van der Waals surface area contributed by atoms with Crippen molar-refractivity contribution in [2.24, 2.45) is 11.5 Å². The number of aliphatic carboxylic acids is 2. The first kappa shape index (κ1) is 25.9. The van der Waals surface area contributed by atoms with Crippen molar-refractivity contribution < 1.29 is 132 Å². The number of carboxylic acids is 2. The van der Waals surface area contributed by atoms with E-state index in [1.54, 1.807) is 0 Å². The smallest absolute Gasteiger partial charge is 0.550 e. The normalized spacial score (nSPS) is 7.00. The van der Waals surface area contributed by atoms with E-state index in [0.29, 0.717) is 0 Å². The third kappa shape index (κ3) is 36.2. The van der Waals surface area contributed by atoms with Crippen LogP contribution in [-0.2, 0) is 19.2 Å². The number of rotatable bonds is 4. The summed E-state index contributed by atoms with van der Waals surface area (Å²) in [6.07, 6.45) is -1.39. The Bertz CT molecular complexity index is 207. The molecule has 0 heterocycles. The standard InChI is InChI=1S/2C3H5NO3.2K/c2*4-2(5)1-3(6)7;;/h2*1H2,(H2,4,5)(H,6,7);;/q;;2*+1/p-2. The molecule has 0 atom stereocenters. The van der Waals surface area contributed by atoms with Gasteiger partial charge in [0, 0.05) is 0 Å². The summed E-state index contributed by atoms with van der Waals surface area (Å²) in [4.78, 5) is 38.0. The van der Waals surface area contributed by atoms with E-state index < -0.39 is 36.6 Å². The molecule has 0 saturated heterocycles. The monoisotopic (exact) mass is 282 g/mol. The minimum absolute atomic E-state index is 0. The van der Waals surface area contributed by atoms with Gasteiger partial charge in [-0.25, -0.2) is 0 Å². The molecule has 0 spiro atoms. The van der Waals surface area contributed by atoms with Crippen molar-refractivity contribution in [3.63, 3.8) is 0 Å². The van der Waals surface area contributed by atoms with E-state index in [4.69, 9.17) is 0 Å². The van der Waals surface area contributed by atoms with Crippen molar-refractivity contribution in [1.29, 1.82) is 0 Å². The van der Waals surface area contributed by atoms with E-state index in [-0.39, 0.29) is 103 Å². The van der Waals surface area contributed by atoms with Crippen LogP contribution >= 0.6 is 0 Å². The minimum atomic E-state index is -1.44. The van der Waals surface area contributed by atoms with Gasteiger partial charge < -0.3 is 31.3 Å². The topological polar surface area (TPSA) is 166 Å². The van der Waals surface area contributed by atoms with Gasteiger partial charge in [-0.3, -0.25) is 9.59 Å². The molecule has 0 aromatic rings. The van der Waals surface area contributed by atoms with Crippen molar-refractivity contribution in [2.45, 2.75) is 12.8 Å². The Hall–Kier alpha value is 1.15. The second kappa shape index (κ2) is 16.2. The van der Waals surface area contributed by atoms with Gasteiger partial charge in [0.2, 0.25) is 11.8 Å². The Kier molecular flexibility index (Phi) is 26.1. The van der Waals surface area contributed by atoms with E-state index in [1.165, 1.54) is 0 Å². The summed E-state index contributed by atoms with van der Waals surface area (Å²) < 4.78 is 0. The van der Waals surface area contributed by atoms with E-state index in [0.717, 1.165) is 0 Å². The molecule has 0 rings (SSSR count). The molecule has 2 amide bonds. The maximum atomic E-state index is 9.61. The number of hydrogen-bond acceptors (Lipinski definition) is 6. The molecule has 0 fully saturated rings. The number of primary amides is 2. The van der Waals surface area contributed by atoms with E-state index in [9.17, 15) is 29.4 Å². The second-order valence-corrected chi connectivity index (χ2v) is 2.03. The Morgan fingerprint density at radius 1 is 0.750 bits per heavy atom. The molecule has 0 saturated carbocycles. The van der Waals surface area contributed by atoms with Crippen LogP contribution in [0.3, 0.4) is 0 Å². The molecule has 0 aliphatic heterocycles. The first-order valence-corrected chi connectivity index (χ1v) is 3.22. The zero-order chi connectivity index (χ0) is 11.7. The first-order valence-electron chi connectivity index (χ1n) is 3.22. The fourth-order valence-corrected chi connectivity index (χ4v) is 0.285. The van der Waals surface area contributed by atoms with E-state index >= 15 is 0 Å². The SMILES string of the molecule is NC(=O)CC(=O)[O-].NC(=O)CC(=O)[O-].[K+].[K+]. The van der Waals surface area contributed by atoms with Crippen molar-refractivity contribution in [3.05, 3.63) is 0 Å². The summed E-state index contributed by atoms with van der Waals surface area (Å²) >= 11 is 0. The molecular weight excluding hydrogens is 274 g/mol. The second-order valence-electron chi connectivity index (χ2n) is 2.03. The van der Waals surface area contributed by atoms with E-state index in [1.807, 2.05) is 0 Å². The van der Waals surface area contributed by atoms with Gasteiger partial charge in [0.05, 0.1) is 24.8 Å². The first-order chi connectivity index (χ1) is 6.25. The Balaban J connectivity index is -0.0000000800. The van der Waals surface area contributed by atoms with Crippen LogP contribution in [0, 0.1) is 0 Å². The van der Waals surface area contributed by atoms with Gasteiger partial charge in [-0.1, -0.05) is 0 Å². The van der Waals surface area contributed by atoms with Crippen molar-refractivity contribution in [1.82, 2.24) is 0 Å². The number of carbonyl (C=O) groups excluding carboxylic acids is 4. The summed E-state index contributed by atoms with van der Waals surface area (Å²) in [7, 11) is 0. The van der Waals surface area contributed by atoms with Gasteiger partial charge in [-0.2, -0.15) is 0 Å². The van der Waals surface area contributed by atoms with Crippen LogP contribution in [0.1, 0.15) is 12.8 Å². The Labute approximate surface area is 176 Å². The minimum Gasteiger partial charge on any atom is -0.550 e. The molecule has 0 aromatic heterocycles. The molecule has 0 aromatic carbocycles. The third-order valence-corrected chi connectivity index (χ3v) is 0.637. The number of hydrogen-bond donors (Lipinski definition) is 2. The van der Waals surface area contributed by atoms with Gasteiger partial charge in [-0.15, -0.1) is 0 Å². The van der Waals surface area contributed by atoms with Crippen LogP contribution in [0.5, 0.6) is 0 Å². The molecule has 0 aliphatic carbocycles. The summed E-state index contributed by atoms with van der Waals surface area (Å²) in [6, 6.07) is 0. The molecule has 8 nitrogen and oxygen atoms in total. The third-order valence-electron chi connectivity index (χ3n) is 0.637. The van der Waals surface area contributed by atoms with Gasteiger partial charge >= 0.3 is 103 Å². The quantitative estimate of drug-likeness (QED) is 0.383.